The second-order valence-corrected chi connectivity index (χ2v) is 10.9. The van der Waals surface area contributed by atoms with E-state index in [4.69, 9.17) is 19.4 Å². The van der Waals surface area contributed by atoms with Crippen LogP contribution in [-0.4, -0.2) is 15.0 Å². The van der Waals surface area contributed by atoms with Crippen LogP contribution in [-0.2, 0) is 0 Å². The van der Waals surface area contributed by atoms with Crippen molar-refractivity contribution in [3.63, 3.8) is 0 Å². The summed E-state index contributed by atoms with van der Waals surface area (Å²) in [4.78, 5) is 15.0. The lowest BCUT2D eigenvalue weighted by Crippen LogP contribution is -2.00. The number of hydrogen-bond acceptors (Lipinski definition) is 4. The van der Waals surface area contributed by atoms with Crippen molar-refractivity contribution in [1.29, 1.82) is 0 Å². The summed E-state index contributed by atoms with van der Waals surface area (Å²) < 4.78 is 6.26. The first kappa shape index (κ1) is 23.8. The van der Waals surface area contributed by atoms with Crippen molar-refractivity contribution in [3.05, 3.63) is 140 Å². The number of fused-ring (bicyclic) bond motifs is 7. The molecule has 0 spiro atoms. The molecule has 43 heavy (non-hydrogen) atoms. The van der Waals surface area contributed by atoms with E-state index in [1.165, 1.54) is 26.9 Å². The van der Waals surface area contributed by atoms with Crippen molar-refractivity contribution in [2.75, 3.05) is 0 Å². The minimum Gasteiger partial charge on any atom is -0.456 e. The largest absolute Gasteiger partial charge is 0.456 e. The molecule has 0 atom stereocenters. The Bertz CT molecular complexity index is 2510. The van der Waals surface area contributed by atoms with Crippen LogP contribution in [0.25, 0.3) is 88.4 Å². The smallest absolute Gasteiger partial charge is 0.164 e. The van der Waals surface area contributed by atoms with E-state index < -0.39 is 0 Å². The van der Waals surface area contributed by atoms with Gasteiger partial charge in [0.1, 0.15) is 11.2 Å². The zero-order valence-corrected chi connectivity index (χ0v) is 23.0. The summed E-state index contributed by atoms with van der Waals surface area (Å²) in [6.07, 6.45) is 0. The van der Waals surface area contributed by atoms with E-state index in [9.17, 15) is 0 Å². The van der Waals surface area contributed by atoms with Crippen LogP contribution >= 0.6 is 0 Å². The minimum atomic E-state index is 0.624. The Morgan fingerprint density at radius 3 is 1.63 bits per heavy atom. The first-order valence-electron chi connectivity index (χ1n) is 14.4. The number of furan rings is 1. The average molecular weight is 550 g/mol. The molecule has 4 nitrogen and oxygen atoms in total. The molecule has 9 rings (SSSR count). The maximum atomic E-state index is 6.26. The third-order valence-electron chi connectivity index (χ3n) is 8.27. The fourth-order valence-corrected chi connectivity index (χ4v) is 6.09. The van der Waals surface area contributed by atoms with Crippen LogP contribution in [0.4, 0.5) is 0 Å². The summed E-state index contributed by atoms with van der Waals surface area (Å²) in [6.45, 7) is 0. The quantitative estimate of drug-likeness (QED) is 0.206. The molecule has 4 heteroatoms. The minimum absolute atomic E-state index is 0.624. The molecular formula is C39H23N3O. The van der Waals surface area contributed by atoms with Gasteiger partial charge in [-0.15, -0.1) is 0 Å². The van der Waals surface area contributed by atoms with Gasteiger partial charge in [-0.3, -0.25) is 0 Å². The molecule has 7 aromatic carbocycles. The molecule has 0 radical (unpaired) electrons. The van der Waals surface area contributed by atoms with E-state index in [0.717, 1.165) is 44.0 Å². The lowest BCUT2D eigenvalue weighted by Gasteiger charge is -2.10. The van der Waals surface area contributed by atoms with Crippen LogP contribution in [0, 0.1) is 0 Å². The molecule has 0 N–H and O–H groups in total. The number of nitrogens with zero attached hydrogens (tertiary/aromatic N) is 3. The van der Waals surface area contributed by atoms with E-state index >= 15 is 0 Å². The summed E-state index contributed by atoms with van der Waals surface area (Å²) in [5, 5.41) is 9.24. The zero-order valence-electron chi connectivity index (χ0n) is 23.0. The molecule has 200 valence electrons. The number of rotatable bonds is 3. The van der Waals surface area contributed by atoms with Crippen molar-refractivity contribution in [1.82, 2.24) is 15.0 Å². The summed E-state index contributed by atoms with van der Waals surface area (Å²) in [6, 6.07) is 48.2. The van der Waals surface area contributed by atoms with Gasteiger partial charge in [0.2, 0.25) is 0 Å². The maximum absolute atomic E-state index is 6.26. The van der Waals surface area contributed by atoms with Crippen LogP contribution < -0.4 is 0 Å². The fraction of sp³-hybridized carbons (Fsp3) is 0. The van der Waals surface area contributed by atoms with Gasteiger partial charge >= 0.3 is 0 Å². The second-order valence-electron chi connectivity index (χ2n) is 10.9. The SMILES string of the molecule is c1ccc(-c2nc(-c3ccc4ccc5ccccc5c4c3)nc(-c3ccc4oc5cc6ccccc6cc5c4c3)n2)cc1. The van der Waals surface area contributed by atoms with E-state index in [1.54, 1.807) is 0 Å². The number of aromatic nitrogens is 3. The van der Waals surface area contributed by atoms with Crippen molar-refractivity contribution < 1.29 is 4.42 Å². The van der Waals surface area contributed by atoms with Crippen molar-refractivity contribution >= 4 is 54.3 Å². The molecule has 0 bridgehead atoms. The number of benzene rings is 7. The third-order valence-corrected chi connectivity index (χ3v) is 8.27. The van der Waals surface area contributed by atoms with Crippen LogP contribution in [0.15, 0.2) is 144 Å². The van der Waals surface area contributed by atoms with Gasteiger partial charge in [0.25, 0.3) is 0 Å². The highest BCUT2D eigenvalue weighted by Gasteiger charge is 2.16. The second kappa shape index (κ2) is 9.33. The Morgan fingerprint density at radius 1 is 0.326 bits per heavy atom. The molecule has 0 unspecified atom stereocenters. The molecule has 0 aliphatic heterocycles. The van der Waals surface area contributed by atoms with Crippen molar-refractivity contribution in [2.45, 2.75) is 0 Å². The van der Waals surface area contributed by atoms with Gasteiger partial charge in [0.15, 0.2) is 17.5 Å². The highest BCUT2D eigenvalue weighted by molar-refractivity contribution is 6.11. The molecule has 9 aromatic rings. The van der Waals surface area contributed by atoms with E-state index in [0.29, 0.717) is 17.5 Å². The highest BCUT2D eigenvalue weighted by Crippen LogP contribution is 2.35. The van der Waals surface area contributed by atoms with Gasteiger partial charge in [-0.2, -0.15) is 0 Å². The fourth-order valence-electron chi connectivity index (χ4n) is 6.09. The van der Waals surface area contributed by atoms with Gasteiger partial charge in [-0.05, 0) is 68.7 Å². The Kier molecular flexibility index (Phi) is 5.16. The monoisotopic (exact) mass is 549 g/mol. The molecule has 0 aliphatic carbocycles. The van der Waals surface area contributed by atoms with Gasteiger partial charge in [-0.1, -0.05) is 103 Å². The molecule has 0 saturated carbocycles. The van der Waals surface area contributed by atoms with Crippen LogP contribution in [0.3, 0.4) is 0 Å². The summed E-state index contributed by atoms with van der Waals surface area (Å²) in [7, 11) is 0. The van der Waals surface area contributed by atoms with Gasteiger partial charge in [0, 0.05) is 27.5 Å². The normalized spacial score (nSPS) is 11.7. The summed E-state index contributed by atoms with van der Waals surface area (Å²) in [5.41, 5.74) is 4.52. The van der Waals surface area contributed by atoms with Crippen LogP contribution in [0.2, 0.25) is 0 Å². The first-order chi connectivity index (χ1) is 21.3. The zero-order chi connectivity index (χ0) is 28.3. The van der Waals surface area contributed by atoms with Crippen LogP contribution in [0.5, 0.6) is 0 Å². The van der Waals surface area contributed by atoms with Crippen LogP contribution in [0.1, 0.15) is 0 Å². The molecule has 0 aliphatic rings. The summed E-state index contributed by atoms with van der Waals surface area (Å²) >= 11 is 0. The average Bonchev–Trinajstić information content (AvgIpc) is 3.43. The van der Waals surface area contributed by atoms with E-state index in [-0.39, 0.29) is 0 Å². The predicted molar refractivity (Wildman–Crippen MR) is 176 cm³/mol. The standard InChI is InChI=1S/C39H23N3O/c1-2-9-26(10-3-1)37-40-38(29-17-16-25-15-14-24-8-6-7-13-31(24)32(25)21-29)42-39(41-37)30-18-19-35-33(22-30)34-20-27-11-4-5-12-28(27)23-36(34)43-35/h1-23H. The maximum Gasteiger partial charge on any atom is 0.164 e. The molecule has 2 heterocycles. The topological polar surface area (TPSA) is 51.8 Å². The molecule has 0 amide bonds. The Morgan fingerprint density at radius 2 is 0.860 bits per heavy atom. The molecule has 0 saturated heterocycles. The molecule has 2 aromatic heterocycles. The molecule has 0 fully saturated rings. The molecular weight excluding hydrogens is 526 g/mol. The first-order valence-corrected chi connectivity index (χ1v) is 14.4. The Hall–Kier alpha value is -5.87. The van der Waals surface area contributed by atoms with Gasteiger partial charge < -0.3 is 4.42 Å². The Labute approximate surface area is 246 Å². The van der Waals surface area contributed by atoms with Crippen molar-refractivity contribution in [2.24, 2.45) is 0 Å². The van der Waals surface area contributed by atoms with E-state index in [2.05, 4.69) is 97.1 Å². The lowest BCUT2D eigenvalue weighted by molar-refractivity contribution is 0.669. The van der Waals surface area contributed by atoms with Gasteiger partial charge in [-0.25, -0.2) is 15.0 Å². The van der Waals surface area contributed by atoms with Gasteiger partial charge in [0.05, 0.1) is 0 Å². The highest BCUT2D eigenvalue weighted by atomic mass is 16.3. The lowest BCUT2D eigenvalue weighted by atomic mass is 10.00. The summed E-state index contributed by atoms with van der Waals surface area (Å²) in [5.74, 6) is 1.91. The Balaban J connectivity index is 1.26. The van der Waals surface area contributed by atoms with E-state index in [1.807, 2.05) is 42.5 Å². The van der Waals surface area contributed by atoms with Crippen molar-refractivity contribution in [3.8, 4) is 34.2 Å². The predicted octanol–water partition coefficient (Wildman–Crippen LogP) is 10.2. The number of hydrogen-bond donors (Lipinski definition) is 0. The third kappa shape index (κ3) is 3.96.